The lowest BCUT2D eigenvalue weighted by Gasteiger charge is -2.27. The molecule has 7 nitrogen and oxygen atoms in total. The fraction of sp³-hybridized carbons (Fsp3) is 0.214. The zero-order valence-corrected chi connectivity index (χ0v) is 22.2. The summed E-state index contributed by atoms with van der Waals surface area (Å²) in [6, 6.07) is 13.8. The van der Waals surface area contributed by atoms with Crippen LogP contribution in [0.15, 0.2) is 60.2 Å². The highest BCUT2D eigenvalue weighted by Gasteiger charge is 2.47. The second kappa shape index (κ2) is 10.7. The summed E-state index contributed by atoms with van der Waals surface area (Å²) in [6.07, 6.45) is 0. The van der Waals surface area contributed by atoms with Crippen LogP contribution in [0.5, 0.6) is 17.2 Å². The molecule has 1 aliphatic rings. The number of methoxy groups -OCH3 is 2. The molecule has 1 unspecified atom stereocenters. The molecule has 192 valence electrons. The number of ketones is 1. The van der Waals surface area contributed by atoms with Gasteiger partial charge in [0.05, 0.1) is 37.5 Å². The van der Waals surface area contributed by atoms with Gasteiger partial charge in [-0.3, -0.25) is 14.5 Å². The van der Waals surface area contributed by atoms with Gasteiger partial charge in [-0.25, -0.2) is 0 Å². The highest BCUT2D eigenvalue weighted by molar-refractivity contribution is 6.52. The lowest BCUT2D eigenvalue weighted by atomic mass is 9.94. The number of amides is 1. The topological polar surface area (TPSA) is 85.3 Å². The van der Waals surface area contributed by atoms with E-state index >= 15 is 0 Å². The Morgan fingerprint density at radius 3 is 2.38 bits per heavy atom. The third kappa shape index (κ3) is 4.84. The number of Topliss-reactive ketones (excluding diaryl/α,β-unsaturated/α-hetero) is 1. The molecule has 0 aromatic heterocycles. The van der Waals surface area contributed by atoms with Gasteiger partial charge in [-0.15, -0.1) is 0 Å². The number of carbonyl (C=O) groups excluding carboxylic acids is 2. The van der Waals surface area contributed by atoms with Crippen LogP contribution in [0.3, 0.4) is 0 Å². The van der Waals surface area contributed by atoms with Crippen molar-refractivity contribution in [1.82, 2.24) is 0 Å². The lowest BCUT2D eigenvalue weighted by Crippen LogP contribution is -2.30. The van der Waals surface area contributed by atoms with Crippen molar-refractivity contribution in [3.63, 3.8) is 0 Å². The summed E-state index contributed by atoms with van der Waals surface area (Å²) in [5.74, 6) is -0.791. The minimum Gasteiger partial charge on any atom is -0.507 e. The number of ether oxygens (including phenoxy) is 3. The molecule has 0 bridgehead atoms. The second-order valence-electron chi connectivity index (χ2n) is 8.29. The van der Waals surface area contributed by atoms with Gasteiger partial charge in [0.2, 0.25) is 0 Å². The summed E-state index contributed by atoms with van der Waals surface area (Å²) in [6.45, 7) is 4.02. The molecule has 3 aromatic rings. The van der Waals surface area contributed by atoms with E-state index in [1.807, 2.05) is 6.92 Å². The van der Waals surface area contributed by atoms with Gasteiger partial charge >= 0.3 is 0 Å². The number of aliphatic hydroxyl groups excluding tert-OH is 1. The van der Waals surface area contributed by atoms with Crippen molar-refractivity contribution in [2.24, 2.45) is 0 Å². The highest BCUT2D eigenvalue weighted by atomic mass is 35.5. The Bertz CT molecular complexity index is 1420. The van der Waals surface area contributed by atoms with E-state index in [0.717, 1.165) is 0 Å². The molecule has 1 atom stereocenters. The molecule has 1 heterocycles. The van der Waals surface area contributed by atoms with Crippen molar-refractivity contribution in [2.45, 2.75) is 19.9 Å². The molecule has 1 N–H and O–H groups in total. The molecule has 9 heteroatoms. The average Bonchev–Trinajstić information content (AvgIpc) is 3.16. The van der Waals surface area contributed by atoms with Crippen LogP contribution in [0.1, 0.15) is 29.7 Å². The molecule has 3 aromatic carbocycles. The van der Waals surface area contributed by atoms with Gasteiger partial charge in [0.1, 0.15) is 11.5 Å². The van der Waals surface area contributed by atoms with Crippen LogP contribution in [-0.4, -0.2) is 37.6 Å². The summed E-state index contributed by atoms with van der Waals surface area (Å²) in [7, 11) is 2.99. The third-order valence-corrected chi connectivity index (χ3v) is 6.67. The van der Waals surface area contributed by atoms with Crippen molar-refractivity contribution in [3.05, 3.63) is 86.9 Å². The first kappa shape index (κ1) is 26.4. The van der Waals surface area contributed by atoms with Gasteiger partial charge in [0.15, 0.2) is 11.5 Å². The van der Waals surface area contributed by atoms with Crippen LogP contribution in [-0.2, 0) is 9.59 Å². The van der Waals surface area contributed by atoms with Gasteiger partial charge in [-0.2, -0.15) is 0 Å². The first-order valence-electron chi connectivity index (χ1n) is 11.4. The number of nitrogens with zero attached hydrogens (tertiary/aromatic N) is 1. The number of halogens is 2. The number of hydrogen-bond donors (Lipinski definition) is 1. The Kier molecular flexibility index (Phi) is 7.66. The molecule has 1 saturated heterocycles. The van der Waals surface area contributed by atoms with Gasteiger partial charge in [0.25, 0.3) is 11.7 Å². The Morgan fingerprint density at radius 2 is 1.70 bits per heavy atom. The molecular formula is C28H25Cl2NO6. The zero-order valence-electron chi connectivity index (χ0n) is 20.7. The maximum Gasteiger partial charge on any atom is 0.300 e. The lowest BCUT2D eigenvalue weighted by molar-refractivity contribution is -0.132. The standard InChI is InChI=1S/C28H25Cl2NO6/c1-5-37-18-9-10-20(30)19(14-18)26(32)24-25(16-7-11-22(35-3)23(12-16)36-4)31(28(34)27(24)33)21-13-17(29)8-6-15(21)2/h6-14,25,32H,5H2,1-4H3/b26-24+. The van der Waals surface area contributed by atoms with E-state index < -0.39 is 23.5 Å². The van der Waals surface area contributed by atoms with Crippen LogP contribution in [0.2, 0.25) is 10.0 Å². The molecule has 1 aliphatic heterocycles. The van der Waals surface area contributed by atoms with E-state index in [-0.39, 0.29) is 16.2 Å². The minimum absolute atomic E-state index is 0.132. The molecule has 0 saturated carbocycles. The van der Waals surface area contributed by atoms with Crippen molar-refractivity contribution >= 4 is 46.3 Å². The fourth-order valence-electron chi connectivity index (χ4n) is 4.35. The quantitative estimate of drug-likeness (QED) is 0.213. The van der Waals surface area contributed by atoms with Crippen LogP contribution < -0.4 is 19.1 Å². The number of aliphatic hydroxyl groups is 1. The monoisotopic (exact) mass is 541 g/mol. The maximum atomic E-state index is 13.5. The molecule has 1 fully saturated rings. The van der Waals surface area contributed by atoms with E-state index in [0.29, 0.717) is 45.7 Å². The van der Waals surface area contributed by atoms with Gasteiger partial charge in [-0.1, -0.05) is 35.3 Å². The Hall–Kier alpha value is -3.68. The average molecular weight is 542 g/mol. The van der Waals surface area contributed by atoms with Crippen LogP contribution in [0.25, 0.3) is 5.76 Å². The summed E-state index contributed by atoms with van der Waals surface area (Å²) in [5.41, 5.74) is 1.69. The molecule has 1 amide bonds. The van der Waals surface area contributed by atoms with Crippen LogP contribution >= 0.6 is 23.2 Å². The Balaban J connectivity index is 2.02. The first-order chi connectivity index (χ1) is 17.7. The maximum absolute atomic E-state index is 13.5. The second-order valence-corrected chi connectivity index (χ2v) is 9.13. The van der Waals surface area contributed by atoms with E-state index in [2.05, 4.69) is 0 Å². The molecular weight excluding hydrogens is 517 g/mol. The Morgan fingerprint density at radius 1 is 0.973 bits per heavy atom. The summed E-state index contributed by atoms with van der Waals surface area (Å²) in [4.78, 5) is 28.3. The SMILES string of the molecule is CCOc1ccc(Cl)c(/C(O)=C2\C(=O)C(=O)N(c3cc(Cl)ccc3C)C2c2ccc(OC)c(OC)c2)c1. The number of hydrogen-bond acceptors (Lipinski definition) is 6. The molecule has 0 radical (unpaired) electrons. The summed E-state index contributed by atoms with van der Waals surface area (Å²) in [5, 5.41) is 12.1. The highest BCUT2D eigenvalue weighted by Crippen LogP contribution is 2.46. The number of rotatable bonds is 7. The van der Waals surface area contributed by atoms with Crippen molar-refractivity contribution in [1.29, 1.82) is 0 Å². The fourth-order valence-corrected chi connectivity index (χ4v) is 4.72. The number of aryl methyl sites for hydroxylation is 1. The van der Waals surface area contributed by atoms with Crippen LogP contribution in [0, 0.1) is 6.92 Å². The van der Waals surface area contributed by atoms with Gasteiger partial charge in [0, 0.05) is 16.3 Å². The number of anilines is 1. The van der Waals surface area contributed by atoms with E-state index in [1.165, 1.54) is 25.2 Å². The smallest absolute Gasteiger partial charge is 0.300 e. The predicted octanol–water partition coefficient (Wildman–Crippen LogP) is 6.34. The number of carbonyl (C=O) groups is 2. The Labute approximate surface area is 224 Å². The molecule has 0 aliphatic carbocycles. The largest absolute Gasteiger partial charge is 0.507 e. The molecule has 4 rings (SSSR count). The first-order valence-corrected chi connectivity index (χ1v) is 12.2. The molecule has 0 spiro atoms. The van der Waals surface area contributed by atoms with Crippen molar-refractivity contribution in [3.8, 4) is 17.2 Å². The molecule has 37 heavy (non-hydrogen) atoms. The normalized spacial score (nSPS) is 16.7. The van der Waals surface area contributed by atoms with E-state index in [1.54, 1.807) is 55.5 Å². The number of benzene rings is 3. The summed E-state index contributed by atoms with van der Waals surface area (Å²) >= 11 is 12.7. The van der Waals surface area contributed by atoms with Crippen molar-refractivity contribution < 1.29 is 28.9 Å². The van der Waals surface area contributed by atoms with Gasteiger partial charge < -0.3 is 19.3 Å². The summed E-state index contributed by atoms with van der Waals surface area (Å²) < 4.78 is 16.4. The van der Waals surface area contributed by atoms with E-state index in [4.69, 9.17) is 37.4 Å². The predicted molar refractivity (Wildman–Crippen MR) is 143 cm³/mol. The van der Waals surface area contributed by atoms with Gasteiger partial charge in [-0.05, 0) is 67.4 Å². The zero-order chi connectivity index (χ0) is 26.9. The van der Waals surface area contributed by atoms with Crippen molar-refractivity contribution in [2.75, 3.05) is 25.7 Å². The third-order valence-electron chi connectivity index (χ3n) is 6.10. The van der Waals surface area contributed by atoms with E-state index in [9.17, 15) is 14.7 Å². The minimum atomic E-state index is -1.01. The van der Waals surface area contributed by atoms with Crippen LogP contribution in [0.4, 0.5) is 5.69 Å².